The van der Waals surface area contributed by atoms with Crippen LogP contribution in [0.15, 0.2) is 63.8 Å². The van der Waals surface area contributed by atoms with E-state index in [0.29, 0.717) is 23.5 Å². The summed E-state index contributed by atoms with van der Waals surface area (Å²) in [6.45, 7) is 4.14. The summed E-state index contributed by atoms with van der Waals surface area (Å²) < 4.78 is 5.99. The largest absolute Gasteiger partial charge is 0.444 e. The van der Waals surface area contributed by atoms with Crippen LogP contribution in [0.25, 0.3) is 0 Å². The number of rotatable bonds is 3. The molecule has 0 radical (unpaired) electrons. The predicted molar refractivity (Wildman–Crippen MR) is 105 cm³/mol. The summed E-state index contributed by atoms with van der Waals surface area (Å²) in [6, 6.07) is 15.7. The first-order valence-corrected chi connectivity index (χ1v) is 9.24. The van der Waals surface area contributed by atoms with Gasteiger partial charge in [0.15, 0.2) is 16.2 Å². The van der Waals surface area contributed by atoms with Gasteiger partial charge in [-0.1, -0.05) is 29.8 Å². The molecule has 0 N–H and O–H groups in total. The summed E-state index contributed by atoms with van der Waals surface area (Å²) in [7, 11) is 0. The van der Waals surface area contributed by atoms with E-state index in [1.165, 1.54) is 11.1 Å². The molecule has 0 saturated heterocycles. The molecular formula is C20H18BrN3O2. The molecule has 5 nitrogen and oxygen atoms in total. The molecule has 26 heavy (non-hydrogen) atoms. The van der Waals surface area contributed by atoms with Crippen LogP contribution < -0.4 is 9.80 Å². The molecule has 1 aliphatic rings. The third-order valence-corrected chi connectivity index (χ3v) is 4.90. The molecule has 0 bridgehead atoms. The predicted octanol–water partition coefficient (Wildman–Crippen LogP) is 4.41. The van der Waals surface area contributed by atoms with Crippen LogP contribution in [0.1, 0.15) is 21.7 Å². The molecule has 6 heteroatoms. The van der Waals surface area contributed by atoms with Crippen LogP contribution >= 0.6 is 15.9 Å². The summed E-state index contributed by atoms with van der Waals surface area (Å²) in [6.07, 6.45) is 1.76. The number of pyridine rings is 1. The summed E-state index contributed by atoms with van der Waals surface area (Å²) in [4.78, 5) is 21.3. The monoisotopic (exact) mass is 411 g/mol. The van der Waals surface area contributed by atoms with Gasteiger partial charge >= 0.3 is 0 Å². The maximum absolute atomic E-state index is 12.8. The highest BCUT2D eigenvalue weighted by Gasteiger charge is 2.29. The number of furan rings is 1. The average Bonchev–Trinajstić information content (AvgIpc) is 3.10. The Morgan fingerprint density at radius 3 is 2.69 bits per heavy atom. The Morgan fingerprint density at radius 2 is 1.96 bits per heavy atom. The van der Waals surface area contributed by atoms with Crippen molar-refractivity contribution in [3.05, 3.63) is 76.3 Å². The van der Waals surface area contributed by atoms with Crippen molar-refractivity contribution in [1.82, 2.24) is 4.98 Å². The van der Waals surface area contributed by atoms with Gasteiger partial charge in [0.05, 0.1) is 5.69 Å². The third-order valence-electron chi connectivity index (χ3n) is 4.47. The Bertz CT molecular complexity index is 936. The van der Waals surface area contributed by atoms with Crippen molar-refractivity contribution in [1.29, 1.82) is 0 Å². The first-order valence-electron chi connectivity index (χ1n) is 8.44. The van der Waals surface area contributed by atoms with E-state index < -0.39 is 0 Å². The van der Waals surface area contributed by atoms with Gasteiger partial charge in [-0.2, -0.15) is 0 Å². The molecule has 4 rings (SSSR count). The SMILES string of the molecule is Cc1ccc(CN2CCN(C(=O)c3ccc(Br)o3)c3cccnc32)cc1. The van der Waals surface area contributed by atoms with Gasteiger partial charge < -0.3 is 14.2 Å². The standard InChI is InChI=1S/C20H18BrN3O2/c1-14-4-6-15(7-5-14)13-23-11-12-24(16-3-2-10-22-19(16)23)20(25)17-8-9-18(21)26-17/h2-10H,11-13H2,1H3. The van der Waals surface area contributed by atoms with Gasteiger partial charge in [0.2, 0.25) is 0 Å². The summed E-state index contributed by atoms with van der Waals surface area (Å²) in [5.41, 5.74) is 3.28. The smallest absolute Gasteiger partial charge is 0.294 e. The number of benzene rings is 1. The van der Waals surface area contributed by atoms with Gasteiger partial charge in [0.25, 0.3) is 5.91 Å². The van der Waals surface area contributed by atoms with Crippen molar-refractivity contribution >= 4 is 33.3 Å². The second-order valence-corrected chi connectivity index (χ2v) is 7.10. The van der Waals surface area contributed by atoms with E-state index in [-0.39, 0.29) is 5.91 Å². The fourth-order valence-electron chi connectivity index (χ4n) is 3.13. The van der Waals surface area contributed by atoms with Crippen LogP contribution in [0, 0.1) is 6.92 Å². The molecule has 1 aromatic carbocycles. The number of fused-ring (bicyclic) bond motifs is 1. The number of aryl methyl sites for hydroxylation is 1. The van der Waals surface area contributed by atoms with Crippen molar-refractivity contribution in [2.45, 2.75) is 13.5 Å². The minimum atomic E-state index is -0.153. The molecule has 3 heterocycles. The van der Waals surface area contributed by atoms with Crippen LogP contribution in [-0.4, -0.2) is 24.0 Å². The van der Waals surface area contributed by atoms with Crippen LogP contribution in [0.4, 0.5) is 11.5 Å². The minimum Gasteiger partial charge on any atom is -0.444 e. The van der Waals surface area contributed by atoms with Crippen molar-refractivity contribution in [3.63, 3.8) is 0 Å². The van der Waals surface area contributed by atoms with Crippen LogP contribution in [0.2, 0.25) is 0 Å². The highest BCUT2D eigenvalue weighted by Crippen LogP contribution is 2.33. The highest BCUT2D eigenvalue weighted by atomic mass is 79.9. The lowest BCUT2D eigenvalue weighted by Crippen LogP contribution is -2.44. The first kappa shape index (κ1) is 16.8. The Balaban J connectivity index is 1.62. The van der Waals surface area contributed by atoms with Gasteiger partial charge in [-0.15, -0.1) is 0 Å². The molecule has 132 valence electrons. The Labute approximate surface area is 160 Å². The summed E-state index contributed by atoms with van der Waals surface area (Å²) in [5.74, 6) is 0.983. The van der Waals surface area contributed by atoms with Gasteiger partial charge in [0, 0.05) is 25.8 Å². The lowest BCUT2D eigenvalue weighted by Gasteiger charge is -2.36. The van der Waals surface area contributed by atoms with Crippen LogP contribution in [-0.2, 0) is 6.54 Å². The first-order chi connectivity index (χ1) is 12.6. The van der Waals surface area contributed by atoms with E-state index in [0.717, 1.165) is 18.1 Å². The molecule has 0 unspecified atom stereocenters. The number of nitrogens with zero attached hydrogens (tertiary/aromatic N) is 3. The van der Waals surface area contributed by atoms with E-state index in [9.17, 15) is 4.79 Å². The molecule has 1 amide bonds. The van der Waals surface area contributed by atoms with Gasteiger partial charge in [0.1, 0.15) is 0 Å². The number of hydrogen-bond donors (Lipinski definition) is 0. The molecule has 0 aliphatic carbocycles. The minimum absolute atomic E-state index is 0.153. The summed E-state index contributed by atoms with van der Waals surface area (Å²) in [5, 5.41) is 0. The maximum atomic E-state index is 12.8. The normalized spacial score (nSPS) is 13.6. The number of anilines is 2. The van der Waals surface area contributed by atoms with Crippen molar-refractivity contribution in [2.24, 2.45) is 0 Å². The Morgan fingerprint density at radius 1 is 1.15 bits per heavy atom. The fourth-order valence-corrected chi connectivity index (χ4v) is 3.44. The third kappa shape index (κ3) is 3.24. The zero-order chi connectivity index (χ0) is 18.1. The van der Waals surface area contributed by atoms with Crippen LogP contribution in [0.5, 0.6) is 0 Å². The molecule has 2 aromatic heterocycles. The molecule has 0 atom stereocenters. The molecule has 1 aliphatic heterocycles. The number of halogens is 1. The zero-order valence-electron chi connectivity index (χ0n) is 14.4. The second kappa shape index (κ2) is 6.96. The van der Waals surface area contributed by atoms with E-state index in [1.807, 2.05) is 12.1 Å². The van der Waals surface area contributed by atoms with Crippen molar-refractivity contribution in [3.8, 4) is 0 Å². The number of hydrogen-bond acceptors (Lipinski definition) is 4. The van der Waals surface area contributed by atoms with E-state index in [2.05, 4.69) is 57.0 Å². The maximum Gasteiger partial charge on any atom is 0.294 e. The van der Waals surface area contributed by atoms with Crippen molar-refractivity contribution in [2.75, 3.05) is 22.9 Å². The lowest BCUT2D eigenvalue weighted by molar-refractivity contribution is 0.0958. The van der Waals surface area contributed by atoms with Gasteiger partial charge in [-0.3, -0.25) is 4.79 Å². The molecular weight excluding hydrogens is 394 g/mol. The average molecular weight is 412 g/mol. The summed E-state index contributed by atoms with van der Waals surface area (Å²) >= 11 is 3.25. The van der Waals surface area contributed by atoms with E-state index in [1.54, 1.807) is 23.2 Å². The van der Waals surface area contributed by atoms with Gasteiger partial charge in [-0.25, -0.2) is 4.98 Å². The second-order valence-electron chi connectivity index (χ2n) is 6.31. The molecule has 0 spiro atoms. The van der Waals surface area contributed by atoms with E-state index >= 15 is 0 Å². The molecule has 0 fully saturated rings. The molecule has 3 aromatic rings. The highest BCUT2D eigenvalue weighted by molar-refractivity contribution is 9.10. The van der Waals surface area contributed by atoms with Crippen molar-refractivity contribution < 1.29 is 9.21 Å². The Kier molecular flexibility index (Phi) is 4.51. The number of amides is 1. The zero-order valence-corrected chi connectivity index (χ0v) is 15.9. The lowest BCUT2D eigenvalue weighted by atomic mass is 10.1. The number of aromatic nitrogens is 1. The fraction of sp³-hybridized carbons (Fsp3) is 0.200. The number of carbonyl (C=O) groups excluding carboxylic acids is 1. The topological polar surface area (TPSA) is 49.6 Å². The van der Waals surface area contributed by atoms with Crippen LogP contribution in [0.3, 0.4) is 0 Å². The van der Waals surface area contributed by atoms with E-state index in [4.69, 9.17) is 4.42 Å². The van der Waals surface area contributed by atoms with Gasteiger partial charge in [-0.05, 0) is 52.7 Å². The molecule has 0 saturated carbocycles. The quantitative estimate of drug-likeness (QED) is 0.640. The Hall–Kier alpha value is -2.60. The number of carbonyl (C=O) groups is 1.